The smallest absolute Gasteiger partial charge is 0.216 e. The average Bonchev–Trinajstić information content (AvgIpc) is 3.74. The minimum absolute atomic E-state index is 0.110. The Balaban J connectivity index is 1.28. The standard InChI is InChI=1S/C33H37FN4O3/c1-2-24-28(34)8-5-20-13-23(39)14-25(30(20)24)27-18-40-31-26(27)15-29(41-19-33-9-3-11-38(33)12-4-10-33)36-32(31)37-16-21-6-7-22(17-37)35-21/h5,8,13-15,18,21-22,35,39H,2-4,6-7,9-12,16-17,19H2,1H3. The van der Waals surface area contributed by atoms with E-state index >= 15 is 4.39 Å². The molecule has 41 heavy (non-hydrogen) atoms. The molecule has 7 nitrogen and oxygen atoms in total. The van der Waals surface area contributed by atoms with Gasteiger partial charge in [0.05, 0.1) is 11.8 Å². The topological polar surface area (TPSA) is 74.0 Å². The third-order valence-corrected chi connectivity index (χ3v) is 10.1. The molecule has 2 atom stereocenters. The maximum absolute atomic E-state index is 15.0. The second-order valence-electron chi connectivity index (χ2n) is 12.5. The van der Waals surface area contributed by atoms with Crippen LogP contribution in [0.1, 0.15) is 51.0 Å². The lowest BCUT2D eigenvalue weighted by molar-refractivity contribution is 0.111. The van der Waals surface area contributed by atoms with Crippen LogP contribution >= 0.6 is 0 Å². The molecule has 0 spiro atoms. The SMILES string of the molecule is CCc1c(F)ccc2cc(O)cc(-c3coc4c(N5CC6CCC(C5)N6)nc(OCC56CCCN5CCC6)cc34)c12. The molecule has 0 amide bonds. The van der Waals surface area contributed by atoms with Gasteiger partial charge >= 0.3 is 0 Å². The van der Waals surface area contributed by atoms with Gasteiger partial charge in [-0.05, 0) is 98.1 Å². The zero-order chi connectivity index (χ0) is 27.7. The van der Waals surface area contributed by atoms with E-state index in [1.54, 1.807) is 24.5 Å². The normalized spacial score (nSPS) is 23.6. The predicted octanol–water partition coefficient (Wildman–Crippen LogP) is 6.00. The summed E-state index contributed by atoms with van der Waals surface area (Å²) in [5.41, 5.74) is 3.03. The number of nitrogens with one attached hydrogen (secondary N) is 1. The van der Waals surface area contributed by atoms with E-state index in [1.807, 2.05) is 13.0 Å². The van der Waals surface area contributed by atoms with E-state index in [0.29, 0.717) is 42.1 Å². The Kier molecular flexibility index (Phi) is 5.94. The molecule has 2 aromatic heterocycles. The molecule has 0 radical (unpaired) electrons. The molecule has 2 bridgehead atoms. The maximum atomic E-state index is 15.0. The second-order valence-corrected chi connectivity index (χ2v) is 12.5. The number of nitrogens with zero attached hydrogens (tertiary/aromatic N) is 3. The molecule has 0 aliphatic carbocycles. The summed E-state index contributed by atoms with van der Waals surface area (Å²) in [7, 11) is 0. The third-order valence-electron chi connectivity index (χ3n) is 10.1. The van der Waals surface area contributed by atoms with E-state index in [0.717, 1.165) is 59.3 Å². The Bertz CT molecular complexity index is 1630. The monoisotopic (exact) mass is 556 g/mol. The zero-order valence-electron chi connectivity index (χ0n) is 23.6. The van der Waals surface area contributed by atoms with Gasteiger partial charge in [0.15, 0.2) is 11.4 Å². The summed E-state index contributed by atoms with van der Waals surface area (Å²) < 4.78 is 27.9. The van der Waals surface area contributed by atoms with Gasteiger partial charge in [-0.2, -0.15) is 4.98 Å². The Morgan fingerprint density at radius 2 is 1.88 bits per heavy atom. The van der Waals surface area contributed by atoms with E-state index < -0.39 is 0 Å². The molecule has 0 saturated carbocycles. The van der Waals surface area contributed by atoms with Crippen LogP contribution in [0.15, 0.2) is 41.0 Å². The van der Waals surface area contributed by atoms with Gasteiger partial charge in [0, 0.05) is 42.2 Å². The summed E-state index contributed by atoms with van der Waals surface area (Å²) in [6.45, 7) is 6.63. The number of rotatable bonds is 6. The van der Waals surface area contributed by atoms with Gasteiger partial charge in [0.2, 0.25) is 5.88 Å². The lowest BCUT2D eigenvalue weighted by Gasteiger charge is -2.34. The van der Waals surface area contributed by atoms with Crippen LogP contribution in [-0.4, -0.2) is 65.4 Å². The highest BCUT2D eigenvalue weighted by Crippen LogP contribution is 2.44. The number of phenolic OH excluding ortho intramolecular Hbond substituents is 1. The van der Waals surface area contributed by atoms with Crippen molar-refractivity contribution in [1.29, 1.82) is 0 Å². The van der Waals surface area contributed by atoms with Gasteiger partial charge in [0.25, 0.3) is 0 Å². The highest BCUT2D eigenvalue weighted by Gasteiger charge is 2.45. The van der Waals surface area contributed by atoms with Crippen LogP contribution in [0, 0.1) is 5.82 Å². The number of phenols is 1. The molecule has 4 aliphatic heterocycles. The molecule has 6 heterocycles. The number of anilines is 1. The van der Waals surface area contributed by atoms with E-state index in [9.17, 15) is 5.11 Å². The first-order valence-corrected chi connectivity index (χ1v) is 15.3. The molecule has 4 fully saturated rings. The van der Waals surface area contributed by atoms with Crippen molar-refractivity contribution in [3.8, 4) is 22.8 Å². The Morgan fingerprint density at radius 3 is 2.63 bits per heavy atom. The first kappa shape index (κ1) is 25.4. The molecule has 8 heteroatoms. The van der Waals surface area contributed by atoms with E-state index in [4.69, 9.17) is 14.1 Å². The van der Waals surface area contributed by atoms with Gasteiger partial charge < -0.3 is 24.5 Å². The summed E-state index contributed by atoms with van der Waals surface area (Å²) in [6.07, 6.45) is 9.39. The minimum atomic E-state index is -0.237. The number of halogens is 1. The van der Waals surface area contributed by atoms with Crippen molar-refractivity contribution in [3.63, 3.8) is 0 Å². The summed E-state index contributed by atoms with van der Waals surface area (Å²) in [6, 6.07) is 9.52. The van der Waals surface area contributed by atoms with Crippen molar-refractivity contribution in [2.24, 2.45) is 0 Å². The quantitative estimate of drug-likeness (QED) is 0.302. The van der Waals surface area contributed by atoms with Gasteiger partial charge in [-0.15, -0.1) is 0 Å². The van der Waals surface area contributed by atoms with E-state index in [-0.39, 0.29) is 17.1 Å². The number of ether oxygens (including phenoxy) is 1. The molecular weight excluding hydrogens is 519 g/mol. The number of aromatic hydroxyl groups is 1. The van der Waals surface area contributed by atoms with Crippen molar-refractivity contribution in [3.05, 3.63) is 48.0 Å². The van der Waals surface area contributed by atoms with Gasteiger partial charge in [-0.1, -0.05) is 13.0 Å². The van der Waals surface area contributed by atoms with Gasteiger partial charge in [0.1, 0.15) is 18.2 Å². The molecule has 2 N–H and O–H groups in total. The number of fused-ring (bicyclic) bond motifs is 5. The predicted molar refractivity (Wildman–Crippen MR) is 158 cm³/mol. The first-order chi connectivity index (χ1) is 20.0. The van der Waals surface area contributed by atoms with Gasteiger partial charge in [-0.3, -0.25) is 4.90 Å². The molecule has 8 rings (SSSR count). The van der Waals surface area contributed by atoms with Crippen molar-refractivity contribution in [2.75, 3.05) is 37.7 Å². The number of hydrogen-bond acceptors (Lipinski definition) is 7. The van der Waals surface area contributed by atoms with Crippen LogP contribution in [0.4, 0.5) is 10.2 Å². The lowest BCUT2D eigenvalue weighted by Crippen LogP contribution is -2.51. The van der Waals surface area contributed by atoms with Crippen LogP contribution < -0.4 is 15.0 Å². The van der Waals surface area contributed by atoms with Crippen molar-refractivity contribution in [2.45, 2.75) is 69.5 Å². The fraction of sp³-hybridized carbons (Fsp3) is 0.485. The van der Waals surface area contributed by atoms with Crippen molar-refractivity contribution < 1.29 is 18.7 Å². The van der Waals surface area contributed by atoms with Crippen LogP contribution in [0.3, 0.4) is 0 Å². The van der Waals surface area contributed by atoms with Crippen LogP contribution in [0.5, 0.6) is 11.6 Å². The largest absolute Gasteiger partial charge is 0.508 e. The Hall–Kier alpha value is -3.36. The number of furan rings is 1. The molecule has 4 aliphatic rings. The van der Waals surface area contributed by atoms with Crippen LogP contribution in [-0.2, 0) is 6.42 Å². The number of benzene rings is 2. The Morgan fingerprint density at radius 1 is 1.10 bits per heavy atom. The third kappa shape index (κ3) is 4.09. The van der Waals surface area contributed by atoms with E-state index in [1.165, 1.54) is 44.6 Å². The zero-order valence-corrected chi connectivity index (χ0v) is 23.6. The summed E-state index contributed by atoms with van der Waals surface area (Å²) in [5, 5.41) is 16.9. The minimum Gasteiger partial charge on any atom is -0.508 e. The molecule has 2 aromatic carbocycles. The van der Waals surface area contributed by atoms with Crippen molar-refractivity contribution >= 4 is 27.6 Å². The summed E-state index contributed by atoms with van der Waals surface area (Å²) >= 11 is 0. The summed E-state index contributed by atoms with van der Waals surface area (Å²) in [5.74, 6) is 1.31. The number of piperazine rings is 1. The van der Waals surface area contributed by atoms with Gasteiger partial charge in [-0.25, -0.2) is 4.39 Å². The number of aromatic nitrogens is 1. The second kappa shape index (κ2) is 9.60. The molecule has 4 saturated heterocycles. The number of pyridine rings is 1. The summed E-state index contributed by atoms with van der Waals surface area (Å²) in [4.78, 5) is 10.0. The molecular formula is C33H37FN4O3. The van der Waals surface area contributed by atoms with E-state index in [2.05, 4.69) is 15.1 Å². The van der Waals surface area contributed by atoms with Crippen molar-refractivity contribution in [1.82, 2.24) is 15.2 Å². The highest BCUT2D eigenvalue weighted by atomic mass is 19.1. The van der Waals surface area contributed by atoms with Crippen LogP contribution in [0.2, 0.25) is 0 Å². The van der Waals surface area contributed by atoms with Crippen LogP contribution in [0.25, 0.3) is 32.9 Å². The lowest BCUT2D eigenvalue weighted by atomic mass is 9.92. The fourth-order valence-corrected chi connectivity index (χ4v) is 8.19. The molecule has 4 aromatic rings. The molecule has 214 valence electrons. The number of aryl methyl sites for hydroxylation is 1. The number of hydrogen-bond donors (Lipinski definition) is 2. The average molecular weight is 557 g/mol. The molecule has 2 unspecified atom stereocenters. The maximum Gasteiger partial charge on any atom is 0.216 e. The fourth-order valence-electron chi connectivity index (χ4n) is 8.19. The Labute approximate surface area is 239 Å². The first-order valence-electron chi connectivity index (χ1n) is 15.3. The highest BCUT2D eigenvalue weighted by molar-refractivity contribution is 6.08.